The largest absolute Gasteiger partial charge is 0.302 e. The maximum atomic E-state index is 12.0. The molecule has 22 heavy (non-hydrogen) atoms. The zero-order chi connectivity index (χ0) is 15.4. The summed E-state index contributed by atoms with van der Waals surface area (Å²) in [4.78, 5) is 16.4. The standard InChI is InChI=1S/C17H16N2OS2/c1-12-2-5-14(6-3-12)15-11-22-17(18-15)19-16(20)7-4-13-8-9-21-10-13/h2-3,5-6,8-11H,4,7H2,1H3,(H,18,19,20). The monoisotopic (exact) mass is 328 g/mol. The van der Waals surface area contributed by atoms with E-state index in [2.05, 4.69) is 40.8 Å². The predicted molar refractivity (Wildman–Crippen MR) is 93.6 cm³/mol. The number of carbonyl (C=O) groups is 1. The highest BCUT2D eigenvalue weighted by Crippen LogP contribution is 2.25. The van der Waals surface area contributed by atoms with E-state index in [1.165, 1.54) is 22.5 Å². The topological polar surface area (TPSA) is 42.0 Å². The van der Waals surface area contributed by atoms with Crippen LogP contribution in [-0.4, -0.2) is 10.9 Å². The smallest absolute Gasteiger partial charge is 0.226 e. The van der Waals surface area contributed by atoms with Crippen LogP contribution in [0.3, 0.4) is 0 Å². The van der Waals surface area contributed by atoms with Gasteiger partial charge < -0.3 is 5.32 Å². The van der Waals surface area contributed by atoms with E-state index in [0.717, 1.165) is 17.7 Å². The molecule has 3 aromatic rings. The number of anilines is 1. The van der Waals surface area contributed by atoms with Gasteiger partial charge in [-0.25, -0.2) is 4.98 Å². The van der Waals surface area contributed by atoms with Gasteiger partial charge in [0.15, 0.2) is 5.13 Å². The second-order valence-electron chi connectivity index (χ2n) is 5.08. The molecule has 0 fully saturated rings. The van der Waals surface area contributed by atoms with Crippen molar-refractivity contribution in [2.24, 2.45) is 0 Å². The molecule has 3 nitrogen and oxygen atoms in total. The molecule has 1 amide bonds. The number of benzene rings is 1. The van der Waals surface area contributed by atoms with Crippen LogP contribution in [0.4, 0.5) is 5.13 Å². The van der Waals surface area contributed by atoms with Gasteiger partial charge in [-0.1, -0.05) is 29.8 Å². The fourth-order valence-corrected chi connectivity index (χ4v) is 3.50. The number of aryl methyl sites for hydroxylation is 2. The van der Waals surface area contributed by atoms with Crippen molar-refractivity contribution in [1.29, 1.82) is 0 Å². The quantitative estimate of drug-likeness (QED) is 0.734. The van der Waals surface area contributed by atoms with E-state index in [9.17, 15) is 4.79 Å². The summed E-state index contributed by atoms with van der Waals surface area (Å²) in [7, 11) is 0. The Morgan fingerprint density at radius 1 is 1.18 bits per heavy atom. The van der Waals surface area contributed by atoms with Gasteiger partial charge in [-0.05, 0) is 35.7 Å². The Morgan fingerprint density at radius 3 is 2.73 bits per heavy atom. The Balaban J connectivity index is 1.59. The fraction of sp³-hybridized carbons (Fsp3) is 0.176. The van der Waals surface area contributed by atoms with Crippen LogP contribution in [0.15, 0.2) is 46.5 Å². The van der Waals surface area contributed by atoms with Crippen LogP contribution in [-0.2, 0) is 11.2 Å². The molecule has 2 heterocycles. The van der Waals surface area contributed by atoms with E-state index in [1.54, 1.807) is 11.3 Å². The predicted octanol–water partition coefficient (Wildman–Crippen LogP) is 4.75. The van der Waals surface area contributed by atoms with Gasteiger partial charge in [0.25, 0.3) is 0 Å². The number of thiazole rings is 1. The molecule has 0 aliphatic carbocycles. The average molecular weight is 328 g/mol. The lowest BCUT2D eigenvalue weighted by molar-refractivity contribution is -0.116. The summed E-state index contributed by atoms with van der Waals surface area (Å²) in [6.07, 6.45) is 1.25. The van der Waals surface area contributed by atoms with Gasteiger partial charge in [0, 0.05) is 17.4 Å². The van der Waals surface area contributed by atoms with Crippen LogP contribution in [0.5, 0.6) is 0 Å². The highest BCUT2D eigenvalue weighted by Gasteiger charge is 2.08. The number of aromatic nitrogens is 1. The molecular weight excluding hydrogens is 312 g/mol. The fourth-order valence-electron chi connectivity index (χ4n) is 2.06. The zero-order valence-electron chi connectivity index (χ0n) is 12.2. The molecule has 2 aromatic heterocycles. The molecule has 1 aromatic carbocycles. The van der Waals surface area contributed by atoms with Crippen molar-refractivity contribution < 1.29 is 4.79 Å². The lowest BCUT2D eigenvalue weighted by atomic mass is 10.1. The number of nitrogens with one attached hydrogen (secondary N) is 1. The minimum Gasteiger partial charge on any atom is -0.302 e. The van der Waals surface area contributed by atoms with Gasteiger partial charge in [-0.2, -0.15) is 11.3 Å². The Bertz CT molecular complexity index is 745. The highest BCUT2D eigenvalue weighted by atomic mass is 32.1. The van der Waals surface area contributed by atoms with Crippen LogP contribution in [0.2, 0.25) is 0 Å². The minimum absolute atomic E-state index is 0.0102. The summed E-state index contributed by atoms with van der Waals surface area (Å²) < 4.78 is 0. The van der Waals surface area contributed by atoms with Crippen molar-refractivity contribution in [2.45, 2.75) is 19.8 Å². The first-order chi connectivity index (χ1) is 10.7. The van der Waals surface area contributed by atoms with Gasteiger partial charge in [0.05, 0.1) is 5.69 Å². The number of hydrogen-bond acceptors (Lipinski definition) is 4. The molecule has 0 saturated heterocycles. The minimum atomic E-state index is 0.0102. The number of carbonyl (C=O) groups excluding carboxylic acids is 1. The zero-order valence-corrected chi connectivity index (χ0v) is 13.8. The van der Waals surface area contributed by atoms with E-state index < -0.39 is 0 Å². The maximum absolute atomic E-state index is 12.0. The molecule has 0 unspecified atom stereocenters. The Labute approximate surface area is 137 Å². The van der Waals surface area contributed by atoms with E-state index in [0.29, 0.717) is 11.6 Å². The molecule has 0 radical (unpaired) electrons. The molecule has 112 valence electrons. The lowest BCUT2D eigenvalue weighted by Gasteiger charge is -2.01. The molecule has 0 atom stereocenters. The van der Waals surface area contributed by atoms with E-state index >= 15 is 0 Å². The second-order valence-corrected chi connectivity index (χ2v) is 6.72. The van der Waals surface area contributed by atoms with Crippen molar-refractivity contribution in [3.8, 4) is 11.3 Å². The van der Waals surface area contributed by atoms with E-state index in [-0.39, 0.29) is 5.91 Å². The molecule has 1 N–H and O–H groups in total. The first-order valence-electron chi connectivity index (χ1n) is 7.04. The van der Waals surface area contributed by atoms with Crippen molar-refractivity contribution in [3.05, 3.63) is 57.6 Å². The third kappa shape index (κ3) is 3.81. The van der Waals surface area contributed by atoms with Gasteiger partial charge in [-0.15, -0.1) is 11.3 Å². The van der Waals surface area contributed by atoms with Crippen molar-refractivity contribution in [3.63, 3.8) is 0 Å². The Kier molecular flexibility index (Phi) is 4.65. The Hall–Kier alpha value is -1.98. The molecular formula is C17H16N2OS2. The first-order valence-corrected chi connectivity index (χ1v) is 8.86. The normalized spacial score (nSPS) is 10.6. The molecule has 0 spiro atoms. The van der Waals surface area contributed by atoms with Gasteiger partial charge in [0.1, 0.15) is 0 Å². The number of hydrogen-bond donors (Lipinski definition) is 1. The van der Waals surface area contributed by atoms with E-state index in [1.807, 2.05) is 22.9 Å². The summed E-state index contributed by atoms with van der Waals surface area (Å²) in [5.74, 6) is 0.0102. The van der Waals surface area contributed by atoms with Crippen LogP contribution in [0, 0.1) is 6.92 Å². The van der Waals surface area contributed by atoms with Crippen LogP contribution >= 0.6 is 22.7 Å². The number of amides is 1. The molecule has 3 rings (SSSR count). The number of rotatable bonds is 5. The maximum Gasteiger partial charge on any atom is 0.226 e. The van der Waals surface area contributed by atoms with Crippen LogP contribution < -0.4 is 5.32 Å². The summed E-state index contributed by atoms with van der Waals surface area (Å²) in [6, 6.07) is 10.3. The summed E-state index contributed by atoms with van der Waals surface area (Å²) >= 11 is 3.11. The van der Waals surface area contributed by atoms with Gasteiger partial charge >= 0.3 is 0 Å². The summed E-state index contributed by atoms with van der Waals surface area (Å²) in [5, 5.41) is 9.61. The number of nitrogens with zero attached hydrogens (tertiary/aromatic N) is 1. The number of thiophene rings is 1. The summed E-state index contributed by atoms with van der Waals surface area (Å²) in [6.45, 7) is 2.06. The molecule has 0 saturated carbocycles. The van der Waals surface area contributed by atoms with E-state index in [4.69, 9.17) is 0 Å². The molecule has 0 bridgehead atoms. The van der Waals surface area contributed by atoms with Gasteiger partial charge in [0.2, 0.25) is 5.91 Å². The van der Waals surface area contributed by atoms with Crippen molar-refractivity contribution in [2.75, 3.05) is 5.32 Å². The Morgan fingerprint density at radius 2 is 2.00 bits per heavy atom. The SMILES string of the molecule is Cc1ccc(-c2csc(NC(=O)CCc3ccsc3)n2)cc1. The van der Waals surface area contributed by atoms with Crippen molar-refractivity contribution >= 4 is 33.7 Å². The second kappa shape index (κ2) is 6.85. The third-order valence-electron chi connectivity index (χ3n) is 3.32. The van der Waals surface area contributed by atoms with Crippen molar-refractivity contribution in [1.82, 2.24) is 4.98 Å². The lowest BCUT2D eigenvalue weighted by Crippen LogP contribution is -2.11. The molecule has 5 heteroatoms. The van der Waals surface area contributed by atoms with Crippen LogP contribution in [0.1, 0.15) is 17.5 Å². The summed E-state index contributed by atoms with van der Waals surface area (Å²) in [5.41, 5.74) is 4.40. The first kappa shape index (κ1) is 14.9. The molecule has 0 aliphatic rings. The third-order valence-corrected chi connectivity index (χ3v) is 4.81. The molecule has 0 aliphatic heterocycles. The highest BCUT2D eigenvalue weighted by molar-refractivity contribution is 7.14. The van der Waals surface area contributed by atoms with Gasteiger partial charge in [-0.3, -0.25) is 4.79 Å². The average Bonchev–Trinajstić information content (AvgIpc) is 3.17. The van der Waals surface area contributed by atoms with Crippen LogP contribution in [0.25, 0.3) is 11.3 Å².